The summed E-state index contributed by atoms with van der Waals surface area (Å²) in [6, 6.07) is 28.3. The number of amides is 1. The molecule has 0 bridgehead atoms. The van der Waals surface area contributed by atoms with Crippen molar-refractivity contribution >= 4 is 45.8 Å². The third-order valence-corrected chi connectivity index (χ3v) is 7.59. The summed E-state index contributed by atoms with van der Waals surface area (Å²) in [6.07, 6.45) is 3.60. The number of halogens is 2. The third-order valence-electron chi connectivity index (χ3n) is 7.15. The van der Waals surface area contributed by atoms with Gasteiger partial charge in [0.05, 0.1) is 5.52 Å². The fraction of sp³-hybridized carbons (Fsp3) is 0.182. The highest BCUT2D eigenvalue weighted by Crippen LogP contribution is 2.33. The Morgan fingerprint density at radius 3 is 2.40 bits per heavy atom. The van der Waals surface area contributed by atoms with Gasteiger partial charge in [0.25, 0.3) is 5.91 Å². The average Bonchev–Trinajstić information content (AvgIpc) is 3.79. The molecule has 1 heterocycles. The largest absolute Gasteiger partial charge is 0.365 e. The fourth-order valence-corrected chi connectivity index (χ4v) is 5.55. The van der Waals surface area contributed by atoms with Crippen LogP contribution >= 0.6 is 23.2 Å². The first-order valence-corrected chi connectivity index (χ1v) is 14.1. The molecule has 0 atom stereocenters. The summed E-state index contributed by atoms with van der Waals surface area (Å²) >= 11 is 12.4. The maximum Gasteiger partial charge on any atom is 0.254 e. The Kier molecular flexibility index (Phi) is 7.42. The maximum atomic E-state index is 13.4. The van der Waals surface area contributed by atoms with Gasteiger partial charge in [-0.15, -0.1) is 0 Å². The number of nitrogens with one attached hydrogen (secondary N) is 1. The minimum absolute atomic E-state index is 0.0514. The van der Waals surface area contributed by atoms with E-state index in [0.717, 1.165) is 46.3 Å². The maximum absolute atomic E-state index is 13.4. The molecule has 0 unspecified atom stereocenters. The quantitative estimate of drug-likeness (QED) is 0.205. The first kappa shape index (κ1) is 26.3. The van der Waals surface area contributed by atoms with Crippen LogP contribution in [0.3, 0.4) is 0 Å². The van der Waals surface area contributed by atoms with E-state index in [9.17, 15) is 4.79 Å². The van der Waals surface area contributed by atoms with Crippen LogP contribution < -0.4 is 5.32 Å². The van der Waals surface area contributed by atoms with E-state index < -0.39 is 0 Å². The molecule has 6 rings (SSSR count). The first-order valence-electron chi connectivity index (χ1n) is 13.3. The Morgan fingerprint density at radius 2 is 1.62 bits per heavy atom. The van der Waals surface area contributed by atoms with Crippen molar-refractivity contribution in [3.05, 3.63) is 124 Å². The number of hydrogen-bond donors (Lipinski definition) is 1. The van der Waals surface area contributed by atoms with Gasteiger partial charge in [-0.3, -0.25) is 4.79 Å². The molecule has 1 aliphatic rings. The van der Waals surface area contributed by atoms with Crippen molar-refractivity contribution in [3.8, 4) is 11.1 Å². The minimum Gasteiger partial charge on any atom is -0.365 e. The third kappa shape index (κ3) is 5.96. The molecule has 1 aliphatic carbocycles. The smallest absolute Gasteiger partial charge is 0.254 e. The summed E-state index contributed by atoms with van der Waals surface area (Å²) in [5.41, 5.74) is 7.02. The van der Waals surface area contributed by atoms with Crippen LogP contribution in [0.4, 0.5) is 5.82 Å². The molecular weight excluding hydrogens is 539 g/mol. The van der Waals surface area contributed by atoms with E-state index in [2.05, 4.69) is 76.8 Å². The number of carbonyl (C=O) groups excluding carboxylic acids is 1. The molecule has 1 amide bonds. The van der Waals surface area contributed by atoms with Crippen LogP contribution in [0.25, 0.3) is 22.0 Å². The summed E-state index contributed by atoms with van der Waals surface area (Å²) < 4.78 is 0. The second-order valence-corrected chi connectivity index (χ2v) is 11.2. The van der Waals surface area contributed by atoms with Crippen molar-refractivity contribution in [1.29, 1.82) is 0 Å². The molecule has 1 aromatic heterocycles. The Balaban J connectivity index is 1.26. The van der Waals surface area contributed by atoms with Crippen LogP contribution in [0.1, 0.15) is 39.9 Å². The highest BCUT2D eigenvalue weighted by molar-refractivity contribution is 6.35. The highest BCUT2D eigenvalue weighted by atomic mass is 35.5. The van der Waals surface area contributed by atoms with Crippen LogP contribution in [0, 0.1) is 6.92 Å². The number of aryl methyl sites for hydroxylation is 1. The molecule has 1 N–H and O–H groups in total. The van der Waals surface area contributed by atoms with Gasteiger partial charge in [0.15, 0.2) is 0 Å². The number of benzene rings is 4. The first-order chi connectivity index (χ1) is 19.4. The number of anilines is 1. The Bertz CT molecular complexity index is 1700. The molecule has 40 heavy (non-hydrogen) atoms. The van der Waals surface area contributed by atoms with E-state index in [0.29, 0.717) is 28.7 Å². The van der Waals surface area contributed by atoms with Crippen molar-refractivity contribution in [1.82, 2.24) is 14.9 Å². The SMILES string of the molecule is Cc1cccc(CNc2ncnc3ccc(-c4cccc(CN(C(=O)c5cc(Cl)cc(Cl)c5)C5CC5)c4)cc23)c1. The number of hydrogen-bond acceptors (Lipinski definition) is 4. The average molecular weight is 568 g/mol. The van der Waals surface area contributed by atoms with E-state index in [-0.39, 0.29) is 11.9 Å². The zero-order valence-corrected chi connectivity index (χ0v) is 23.6. The second-order valence-electron chi connectivity index (χ2n) is 10.3. The van der Waals surface area contributed by atoms with Gasteiger partial charge in [-0.1, -0.05) is 77.3 Å². The Hall–Kier alpha value is -3.93. The zero-order valence-electron chi connectivity index (χ0n) is 22.1. The number of fused-ring (bicyclic) bond motifs is 1. The predicted molar refractivity (Wildman–Crippen MR) is 163 cm³/mol. The van der Waals surface area contributed by atoms with Gasteiger partial charge in [0.2, 0.25) is 0 Å². The number of aromatic nitrogens is 2. The monoisotopic (exact) mass is 566 g/mol. The van der Waals surface area contributed by atoms with Gasteiger partial charge in [0.1, 0.15) is 12.1 Å². The van der Waals surface area contributed by atoms with Crippen LogP contribution in [0.15, 0.2) is 91.3 Å². The van der Waals surface area contributed by atoms with E-state index in [1.807, 2.05) is 17.0 Å². The van der Waals surface area contributed by atoms with Gasteiger partial charge < -0.3 is 10.2 Å². The Morgan fingerprint density at radius 1 is 0.875 bits per heavy atom. The van der Waals surface area contributed by atoms with Crippen LogP contribution in [-0.4, -0.2) is 26.8 Å². The van der Waals surface area contributed by atoms with Crippen molar-refractivity contribution < 1.29 is 4.79 Å². The summed E-state index contributed by atoms with van der Waals surface area (Å²) in [5.74, 6) is 0.750. The summed E-state index contributed by atoms with van der Waals surface area (Å²) in [5, 5.41) is 5.37. The standard InChI is InChI=1S/C33H28Cl2N4O/c1-21-4-2-5-22(12-21)18-36-32-30-16-25(8-11-31(30)37-20-38-32)24-7-3-6-23(13-24)19-39(29-9-10-29)33(40)26-14-27(34)17-28(35)15-26/h2-8,11-17,20,29H,9-10,18-19H2,1H3,(H,36,37,38). The van der Waals surface area contributed by atoms with Crippen molar-refractivity contribution in [2.75, 3.05) is 5.32 Å². The number of carbonyl (C=O) groups is 1. The lowest BCUT2D eigenvalue weighted by atomic mass is 10.0. The lowest BCUT2D eigenvalue weighted by Crippen LogP contribution is -2.32. The van der Waals surface area contributed by atoms with E-state index in [1.165, 1.54) is 11.1 Å². The number of rotatable bonds is 8. The molecule has 0 saturated heterocycles. The summed E-state index contributed by atoms with van der Waals surface area (Å²) in [6.45, 7) is 3.29. The fourth-order valence-electron chi connectivity index (χ4n) is 5.03. The van der Waals surface area contributed by atoms with E-state index in [1.54, 1.807) is 24.5 Å². The topological polar surface area (TPSA) is 58.1 Å². The lowest BCUT2D eigenvalue weighted by molar-refractivity contribution is 0.0730. The molecule has 5 nitrogen and oxygen atoms in total. The van der Waals surface area contributed by atoms with Crippen LogP contribution in [0.2, 0.25) is 10.0 Å². The summed E-state index contributed by atoms with van der Waals surface area (Å²) in [7, 11) is 0. The molecular formula is C33H28Cl2N4O. The second kappa shape index (κ2) is 11.3. The lowest BCUT2D eigenvalue weighted by Gasteiger charge is -2.23. The highest BCUT2D eigenvalue weighted by Gasteiger charge is 2.33. The van der Waals surface area contributed by atoms with E-state index in [4.69, 9.17) is 23.2 Å². The molecule has 1 saturated carbocycles. The van der Waals surface area contributed by atoms with Crippen molar-refractivity contribution in [2.24, 2.45) is 0 Å². The van der Waals surface area contributed by atoms with Gasteiger partial charge in [-0.25, -0.2) is 9.97 Å². The zero-order chi connectivity index (χ0) is 27.6. The van der Waals surface area contributed by atoms with Crippen LogP contribution in [0.5, 0.6) is 0 Å². The van der Waals surface area contributed by atoms with E-state index >= 15 is 0 Å². The van der Waals surface area contributed by atoms with Crippen LogP contribution in [-0.2, 0) is 13.1 Å². The minimum atomic E-state index is -0.0514. The number of nitrogens with zero attached hydrogens (tertiary/aromatic N) is 3. The molecule has 4 aromatic carbocycles. The molecule has 0 radical (unpaired) electrons. The van der Waals surface area contributed by atoms with Gasteiger partial charge in [-0.2, -0.15) is 0 Å². The van der Waals surface area contributed by atoms with Gasteiger partial charge in [-0.05, 0) is 78.4 Å². The summed E-state index contributed by atoms with van der Waals surface area (Å²) in [4.78, 5) is 24.4. The Labute approximate surface area is 243 Å². The molecule has 7 heteroatoms. The molecule has 5 aromatic rings. The molecule has 0 spiro atoms. The predicted octanol–water partition coefficient (Wildman–Crippen LogP) is 8.33. The van der Waals surface area contributed by atoms with Gasteiger partial charge in [0, 0.05) is 40.1 Å². The molecule has 200 valence electrons. The molecule has 0 aliphatic heterocycles. The van der Waals surface area contributed by atoms with Crippen molar-refractivity contribution in [2.45, 2.75) is 38.9 Å². The molecule has 1 fully saturated rings. The van der Waals surface area contributed by atoms with Gasteiger partial charge >= 0.3 is 0 Å². The normalized spacial score (nSPS) is 12.9. The van der Waals surface area contributed by atoms with Crippen molar-refractivity contribution in [3.63, 3.8) is 0 Å².